The van der Waals surface area contributed by atoms with E-state index in [4.69, 9.17) is 4.74 Å². The number of rotatable bonds is 2. The lowest BCUT2D eigenvalue weighted by atomic mass is 10.2. The number of carbonyl (C=O) groups excluding carboxylic acids is 1. The van der Waals surface area contributed by atoms with Crippen LogP contribution in [0.15, 0.2) is 18.3 Å². The Morgan fingerprint density at radius 2 is 2.35 bits per heavy atom. The molecule has 0 radical (unpaired) electrons. The predicted octanol–water partition coefficient (Wildman–Crippen LogP) is 0.230. The molecule has 3 heterocycles. The summed E-state index contributed by atoms with van der Waals surface area (Å²) >= 11 is 0. The van der Waals surface area contributed by atoms with Crippen LogP contribution in [0.3, 0.4) is 0 Å². The van der Waals surface area contributed by atoms with Crippen molar-refractivity contribution in [2.75, 3.05) is 19.7 Å². The molecule has 0 spiro atoms. The molecule has 0 N–H and O–H groups in total. The molecule has 0 saturated carbocycles. The van der Waals surface area contributed by atoms with Crippen molar-refractivity contribution in [1.82, 2.24) is 24.9 Å². The fourth-order valence-corrected chi connectivity index (χ4v) is 2.12. The van der Waals surface area contributed by atoms with E-state index in [0.29, 0.717) is 5.65 Å². The second kappa shape index (κ2) is 5.08. The highest BCUT2D eigenvalue weighted by atomic mass is 19.3. The van der Waals surface area contributed by atoms with Gasteiger partial charge in [-0.3, -0.25) is 4.79 Å². The number of fused-ring (bicyclic) bond motifs is 1. The van der Waals surface area contributed by atoms with E-state index in [-0.39, 0.29) is 31.2 Å². The summed E-state index contributed by atoms with van der Waals surface area (Å²) in [5.74, 6) is -0.376. The Morgan fingerprint density at radius 1 is 1.50 bits per heavy atom. The summed E-state index contributed by atoms with van der Waals surface area (Å²) in [4.78, 5) is 13.7. The number of halogens is 2. The number of hydrogen-bond acceptors (Lipinski definition) is 5. The lowest BCUT2D eigenvalue weighted by Gasteiger charge is -2.32. The van der Waals surface area contributed by atoms with Crippen molar-refractivity contribution in [3.63, 3.8) is 0 Å². The number of pyridine rings is 1. The summed E-state index contributed by atoms with van der Waals surface area (Å²) in [6, 6.07) is 3.20. The molecule has 1 atom stereocenters. The molecule has 0 bridgehead atoms. The van der Waals surface area contributed by atoms with Crippen LogP contribution in [0.4, 0.5) is 8.78 Å². The van der Waals surface area contributed by atoms with Crippen LogP contribution in [-0.2, 0) is 4.74 Å². The van der Waals surface area contributed by atoms with Crippen LogP contribution in [0.1, 0.15) is 10.4 Å². The van der Waals surface area contributed by atoms with E-state index in [1.54, 1.807) is 18.3 Å². The largest absolute Gasteiger partial charge is 0.369 e. The molecule has 1 saturated heterocycles. The third-order valence-corrected chi connectivity index (χ3v) is 3.12. The Balaban J connectivity index is 1.87. The third-order valence-electron chi connectivity index (χ3n) is 3.12. The van der Waals surface area contributed by atoms with Gasteiger partial charge in [-0.05, 0) is 22.6 Å². The Bertz CT molecular complexity index is 632. The first-order valence-electron chi connectivity index (χ1n) is 6.02. The monoisotopic (exact) mass is 283 g/mol. The van der Waals surface area contributed by atoms with E-state index in [9.17, 15) is 13.6 Å². The summed E-state index contributed by atoms with van der Waals surface area (Å²) < 4.78 is 31.6. The van der Waals surface area contributed by atoms with Crippen molar-refractivity contribution < 1.29 is 18.3 Å². The van der Waals surface area contributed by atoms with Gasteiger partial charge in [-0.1, -0.05) is 0 Å². The first-order chi connectivity index (χ1) is 9.66. The van der Waals surface area contributed by atoms with E-state index in [1.165, 1.54) is 9.42 Å². The average molecular weight is 283 g/mol. The van der Waals surface area contributed by atoms with E-state index < -0.39 is 12.5 Å². The summed E-state index contributed by atoms with van der Waals surface area (Å²) in [5.41, 5.74) is 0.588. The molecule has 0 aromatic carbocycles. The van der Waals surface area contributed by atoms with Crippen molar-refractivity contribution >= 4 is 11.6 Å². The number of hydrogen-bond donors (Lipinski definition) is 0. The summed E-state index contributed by atoms with van der Waals surface area (Å²) in [7, 11) is 0. The molecule has 1 aliphatic rings. The maximum Gasteiger partial charge on any atom is 0.266 e. The summed E-state index contributed by atoms with van der Waals surface area (Å²) in [6.07, 6.45) is -2.26. The zero-order valence-corrected chi connectivity index (χ0v) is 10.3. The molecular formula is C11H11F2N5O2. The fraction of sp³-hybridized carbons (Fsp3) is 0.455. The molecule has 20 heavy (non-hydrogen) atoms. The van der Waals surface area contributed by atoms with E-state index in [0.717, 1.165) is 0 Å². The Kier molecular flexibility index (Phi) is 3.26. The number of morpholine rings is 1. The molecule has 9 heteroatoms. The average Bonchev–Trinajstić information content (AvgIpc) is 2.95. The highest BCUT2D eigenvalue weighted by Gasteiger charge is 2.31. The van der Waals surface area contributed by atoms with Gasteiger partial charge in [-0.25, -0.2) is 8.78 Å². The second-order valence-electron chi connectivity index (χ2n) is 4.36. The maximum absolute atomic E-state index is 12.7. The van der Waals surface area contributed by atoms with Gasteiger partial charge in [0.15, 0.2) is 5.65 Å². The minimum Gasteiger partial charge on any atom is -0.369 e. The van der Waals surface area contributed by atoms with Gasteiger partial charge in [-0.15, -0.1) is 5.10 Å². The van der Waals surface area contributed by atoms with Gasteiger partial charge in [0.05, 0.1) is 18.7 Å². The zero-order valence-electron chi connectivity index (χ0n) is 10.3. The number of tetrazole rings is 1. The molecular weight excluding hydrogens is 272 g/mol. The number of nitrogens with zero attached hydrogens (tertiary/aromatic N) is 5. The molecule has 3 rings (SSSR count). The fourth-order valence-electron chi connectivity index (χ4n) is 2.12. The zero-order chi connectivity index (χ0) is 14.1. The molecule has 7 nitrogen and oxygen atoms in total. The standard InChI is InChI=1S/C11H11F2N5O2/c12-9(13)8-6-17(4-5-20-8)11(19)7-2-1-3-18-10(7)14-15-16-18/h1-3,8-9H,4-6H2. The molecule has 1 amide bonds. The maximum atomic E-state index is 12.7. The van der Waals surface area contributed by atoms with E-state index in [1.807, 2.05) is 0 Å². The van der Waals surface area contributed by atoms with Gasteiger partial charge in [0, 0.05) is 12.7 Å². The van der Waals surface area contributed by atoms with Crippen LogP contribution in [0.5, 0.6) is 0 Å². The van der Waals surface area contributed by atoms with Crippen molar-refractivity contribution in [2.24, 2.45) is 0 Å². The highest BCUT2D eigenvalue weighted by Crippen LogP contribution is 2.16. The summed E-state index contributed by atoms with van der Waals surface area (Å²) in [6.45, 7) is 0.221. The molecule has 2 aromatic rings. The van der Waals surface area contributed by atoms with E-state index >= 15 is 0 Å². The Labute approximate surface area is 112 Å². The Hall–Kier alpha value is -2.16. The smallest absolute Gasteiger partial charge is 0.266 e. The van der Waals surface area contributed by atoms with Gasteiger partial charge < -0.3 is 9.64 Å². The predicted molar refractivity (Wildman–Crippen MR) is 62.4 cm³/mol. The molecule has 106 valence electrons. The van der Waals surface area contributed by atoms with Crippen LogP contribution in [0, 0.1) is 0 Å². The SMILES string of the molecule is O=C(c1cccn2nnnc12)N1CCOC(C(F)F)C1. The normalized spacial score (nSPS) is 19.8. The van der Waals surface area contributed by atoms with Crippen molar-refractivity contribution in [3.8, 4) is 0 Å². The third kappa shape index (κ3) is 2.20. The van der Waals surface area contributed by atoms with E-state index in [2.05, 4.69) is 15.5 Å². The highest BCUT2D eigenvalue weighted by molar-refractivity contribution is 5.99. The molecule has 1 aliphatic heterocycles. The van der Waals surface area contributed by atoms with Crippen molar-refractivity contribution in [2.45, 2.75) is 12.5 Å². The number of amides is 1. The van der Waals surface area contributed by atoms with Gasteiger partial charge in [-0.2, -0.15) is 4.52 Å². The van der Waals surface area contributed by atoms with Gasteiger partial charge in [0.1, 0.15) is 6.10 Å². The van der Waals surface area contributed by atoms with Gasteiger partial charge in [0.2, 0.25) is 0 Å². The second-order valence-corrected chi connectivity index (χ2v) is 4.36. The van der Waals surface area contributed by atoms with Crippen molar-refractivity contribution in [1.29, 1.82) is 0 Å². The van der Waals surface area contributed by atoms with Gasteiger partial charge >= 0.3 is 0 Å². The van der Waals surface area contributed by atoms with Crippen LogP contribution >= 0.6 is 0 Å². The van der Waals surface area contributed by atoms with Crippen LogP contribution in [0.25, 0.3) is 5.65 Å². The summed E-state index contributed by atoms with van der Waals surface area (Å²) in [5, 5.41) is 10.9. The first-order valence-corrected chi connectivity index (χ1v) is 6.02. The van der Waals surface area contributed by atoms with Crippen molar-refractivity contribution in [3.05, 3.63) is 23.9 Å². The minimum absolute atomic E-state index is 0.0921. The topological polar surface area (TPSA) is 72.6 Å². The lowest BCUT2D eigenvalue weighted by molar-refractivity contribution is -0.0942. The first kappa shape index (κ1) is 12.9. The lowest BCUT2D eigenvalue weighted by Crippen LogP contribution is -2.48. The molecule has 2 aromatic heterocycles. The molecule has 1 fully saturated rings. The number of carbonyl (C=O) groups is 1. The quantitative estimate of drug-likeness (QED) is 0.789. The van der Waals surface area contributed by atoms with Gasteiger partial charge in [0.25, 0.3) is 12.3 Å². The number of alkyl halides is 2. The minimum atomic E-state index is -2.61. The molecule has 1 unspecified atom stereocenters. The van der Waals surface area contributed by atoms with Crippen LogP contribution in [0.2, 0.25) is 0 Å². The number of aromatic nitrogens is 4. The van der Waals surface area contributed by atoms with Crippen LogP contribution in [-0.4, -0.2) is 63.1 Å². The number of ether oxygens (including phenoxy) is 1. The molecule has 0 aliphatic carbocycles. The Morgan fingerprint density at radius 3 is 3.15 bits per heavy atom. The van der Waals surface area contributed by atoms with Crippen LogP contribution < -0.4 is 0 Å².